The SMILES string of the molecule is Cn1ncc2c(Sc3ccccn3)c(C(=O)O)cnc21. The Labute approximate surface area is 118 Å². The standard InChI is InChI=1S/C13H10N4O2S/c1-17-12-8(7-16-17)11(9(6-15-12)13(18)19)20-10-4-2-3-5-14-10/h2-7H,1H3,(H,18,19). The van der Waals surface area contributed by atoms with Gasteiger partial charge in [-0.25, -0.2) is 14.8 Å². The molecule has 0 spiro atoms. The molecule has 0 saturated heterocycles. The first-order chi connectivity index (χ1) is 9.66. The number of rotatable bonds is 3. The summed E-state index contributed by atoms with van der Waals surface area (Å²) in [6.07, 6.45) is 4.65. The van der Waals surface area contributed by atoms with Crippen LogP contribution in [0.4, 0.5) is 0 Å². The molecule has 20 heavy (non-hydrogen) atoms. The van der Waals surface area contributed by atoms with E-state index in [1.165, 1.54) is 18.0 Å². The van der Waals surface area contributed by atoms with E-state index in [1.54, 1.807) is 24.1 Å². The lowest BCUT2D eigenvalue weighted by Crippen LogP contribution is -2.01. The molecule has 6 nitrogen and oxygen atoms in total. The van der Waals surface area contributed by atoms with Crippen molar-refractivity contribution < 1.29 is 9.90 Å². The Bertz CT molecular complexity index is 786. The van der Waals surface area contributed by atoms with E-state index in [0.717, 1.165) is 5.03 Å². The van der Waals surface area contributed by atoms with E-state index in [2.05, 4.69) is 15.1 Å². The van der Waals surface area contributed by atoms with E-state index < -0.39 is 5.97 Å². The number of hydrogen-bond acceptors (Lipinski definition) is 5. The summed E-state index contributed by atoms with van der Waals surface area (Å²) in [4.78, 5) is 20.3. The van der Waals surface area contributed by atoms with Crippen molar-refractivity contribution in [1.29, 1.82) is 0 Å². The van der Waals surface area contributed by atoms with Crippen molar-refractivity contribution in [2.75, 3.05) is 0 Å². The fourth-order valence-electron chi connectivity index (χ4n) is 1.85. The van der Waals surface area contributed by atoms with E-state index in [4.69, 9.17) is 0 Å². The highest BCUT2D eigenvalue weighted by atomic mass is 32.2. The average molecular weight is 286 g/mol. The van der Waals surface area contributed by atoms with Gasteiger partial charge in [-0.3, -0.25) is 4.68 Å². The third-order valence-corrected chi connectivity index (χ3v) is 3.88. The summed E-state index contributed by atoms with van der Waals surface area (Å²) in [5.74, 6) is -1.01. The van der Waals surface area contributed by atoms with Crippen LogP contribution in [-0.4, -0.2) is 30.8 Å². The van der Waals surface area contributed by atoms with Crippen LogP contribution < -0.4 is 0 Å². The molecule has 0 aliphatic rings. The monoisotopic (exact) mass is 286 g/mol. The quantitative estimate of drug-likeness (QED) is 0.795. The number of carboxylic acid groups (broad SMARTS) is 1. The van der Waals surface area contributed by atoms with Crippen molar-refractivity contribution >= 4 is 28.8 Å². The number of carbonyl (C=O) groups is 1. The summed E-state index contributed by atoms with van der Waals surface area (Å²) in [6.45, 7) is 0. The Morgan fingerprint density at radius 1 is 1.30 bits per heavy atom. The molecule has 100 valence electrons. The maximum atomic E-state index is 11.4. The summed E-state index contributed by atoms with van der Waals surface area (Å²) in [5, 5.41) is 14.9. The van der Waals surface area contributed by atoms with Crippen LogP contribution in [0.3, 0.4) is 0 Å². The van der Waals surface area contributed by atoms with Crippen molar-refractivity contribution in [1.82, 2.24) is 19.7 Å². The highest BCUT2D eigenvalue weighted by Gasteiger charge is 2.18. The molecular formula is C13H10N4O2S. The molecule has 0 saturated carbocycles. The Kier molecular flexibility index (Phi) is 3.11. The van der Waals surface area contributed by atoms with Gasteiger partial charge in [0.15, 0.2) is 5.65 Å². The maximum absolute atomic E-state index is 11.4. The van der Waals surface area contributed by atoms with Gasteiger partial charge < -0.3 is 5.11 Å². The molecule has 0 aromatic carbocycles. The second-order valence-corrected chi connectivity index (χ2v) is 5.11. The zero-order valence-corrected chi connectivity index (χ0v) is 11.3. The van der Waals surface area contributed by atoms with Crippen LogP contribution in [0.2, 0.25) is 0 Å². The third-order valence-electron chi connectivity index (χ3n) is 2.79. The average Bonchev–Trinajstić information content (AvgIpc) is 2.82. The van der Waals surface area contributed by atoms with Gasteiger partial charge >= 0.3 is 5.97 Å². The Morgan fingerprint density at radius 3 is 2.85 bits per heavy atom. The lowest BCUT2D eigenvalue weighted by atomic mass is 10.2. The molecule has 3 heterocycles. The zero-order chi connectivity index (χ0) is 14.1. The lowest BCUT2D eigenvalue weighted by Gasteiger charge is -2.06. The van der Waals surface area contributed by atoms with Gasteiger partial charge in [0.05, 0.1) is 17.1 Å². The number of aromatic carboxylic acids is 1. The molecule has 0 radical (unpaired) electrons. The summed E-state index contributed by atoms with van der Waals surface area (Å²) < 4.78 is 1.61. The molecule has 0 aliphatic heterocycles. The minimum absolute atomic E-state index is 0.154. The number of aryl methyl sites for hydroxylation is 1. The smallest absolute Gasteiger partial charge is 0.338 e. The largest absolute Gasteiger partial charge is 0.478 e. The topological polar surface area (TPSA) is 80.9 Å². The minimum atomic E-state index is -1.01. The predicted octanol–water partition coefficient (Wildman–Crippen LogP) is 2.21. The van der Waals surface area contributed by atoms with Gasteiger partial charge in [-0.05, 0) is 12.1 Å². The van der Waals surface area contributed by atoms with Gasteiger partial charge in [0, 0.05) is 24.3 Å². The number of hydrogen-bond donors (Lipinski definition) is 1. The first kappa shape index (κ1) is 12.6. The molecule has 3 aromatic heterocycles. The first-order valence-corrected chi connectivity index (χ1v) is 6.61. The number of fused-ring (bicyclic) bond motifs is 1. The fourth-order valence-corrected chi connectivity index (χ4v) is 2.82. The van der Waals surface area contributed by atoms with Crippen molar-refractivity contribution in [2.45, 2.75) is 9.92 Å². The second-order valence-electron chi connectivity index (χ2n) is 4.08. The molecule has 3 aromatic rings. The van der Waals surface area contributed by atoms with Gasteiger partial charge in [0.2, 0.25) is 0 Å². The van der Waals surface area contributed by atoms with E-state index >= 15 is 0 Å². The second kappa shape index (κ2) is 4.93. The number of nitrogens with zero attached hydrogens (tertiary/aromatic N) is 4. The molecule has 7 heteroatoms. The fraction of sp³-hybridized carbons (Fsp3) is 0.0769. The minimum Gasteiger partial charge on any atom is -0.478 e. The van der Waals surface area contributed by atoms with Crippen LogP contribution in [0, 0.1) is 0 Å². The molecule has 1 N–H and O–H groups in total. The van der Waals surface area contributed by atoms with Crippen molar-refractivity contribution in [2.24, 2.45) is 7.05 Å². The maximum Gasteiger partial charge on any atom is 0.338 e. The Morgan fingerprint density at radius 2 is 2.15 bits per heavy atom. The van der Waals surface area contributed by atoms with Gasteiger partial charge in [-0.1, -0.05) is 17.8 Å². The van der Waals surface area contributed by atoms with E-state index in [1.807, 2.05) is 18.2 Å². The molecule has 0 unspecified atom stereocenters. The van der Waals surface area contributed by atoms with E-state index in [-0.39, 0.29) is 5.56 Å². The third kappa shape index (κ3) is 2.12. The molecule has 0 bridgehead atoms. The zero-order valence-electron chi connectivity index (χ0n) is 10.5. The highest BCUT2D eigenvalue weighted by Crippen LogP contribution is 2.34. The Balaban J connectivity index is 2.20. The van der Waals surface area contributed by atoms with Gasteiger partial charge in [0.25, 0.3) is 0 Å². The van der Waals surface area contributed by atoms with Gasteiger partial charge in [-0.2, -0.15) is 5.10 Å². The van der Waals surface area contributed by atoms with Gasteiger partial charge in [-0.15, -0.1) is 0 Å². The predicted molar refractivity (Wildman–Crippen MR) is 73.8 cm³/mol. The Hall–Kier alpha value is -2.41. The van der Waals surface area contributed by atoms with Crippen molar-refractivity contribution in [3.8, 4) is 0 Å². The van der Waals surface area contributed by atoms with E-state index in [9.17, 15) is 9.90 Å². The summed E-state index contributed by atoms with van der Waals surface area (Å²) in [6, 6.07) is 5.50. The van der Waals surface area contributed by atoms with Gasteiger partial charge in [0.1, 0.15) is 5.03 Å². The summed E-state index contributed by atoms with van der Waals surface area (Å²) in [7, 11) is 1.77. The molecular weight excluding hydrogens is 276 g/mol. The van der Waals surface area contributed by atoms with Crippen LogP contribution in [-0.2, 0) is 7.05 Å². The first-order valence-electron chi connectivity index (χ1n) is 5.79. The van der Waals surface area contributed by atoms with Crippen LogP contribution in [0.25, 0.3) is 11.0 Å². The number of pyridine rings is 2. The van der Waals surface area contributed by atoms with Crippen LogP contribution in [0.15, 0.2) is 46.7 Å². The number of carboxylic acids is 1. The summed E-state index contributed by atoms with van der Waals surface area (Å²) >= 11 is 1.30. The molecule has 0 atom stereocenters. The number of aromatic nitrogens is 4. The highest BCUT2D eigenvalue weighted by molar-refractivity contribution is 7.99. The van der Waals surface area contributed by atoms with Crippen LogP contribution in [0.5, 0.6) is 0 Å². The molecule has 0 amide bonds. The molecule has 3 rings (SSSR count). The molecule has 0 aliphatic carbocycles. The normalized spacial score (nSPS) is 10.8. The van der Waals surface area contributed by atoms with Crippen molar-refractivity contribution in [3.05, 3.63) is 42.4 Å². The molecule has 0 fully saturated rings. The van der Waals surface area contributed by atoms with Crippen molar-refractivity contribution in [3.63, 3.8) is 0 Å². The summed E-state index contributed by atoms with van der Waals surface area (Å²) in [5.41, 5.74) is 0.801. The van der Waals surface area contributed by atoms with E-state index in [0.29, 0.717) is 15.9 Å². The lowest BCUT2D eigenvalue weighted by molar-refractivity contribution is 0.0693. The van der Waals surface area contributed by atoms with Crippen LogP contribution in [0.1, 0.15) is 10.4 Å². The van der Waals surface area contributed by atoms with Crippen LogP contribution >= 0.6 is 11.8 Å².